The fourth-order valence-corrected chi connectivity index (χ4v) is 1.49. The zero-order valence-corrected chi connectivity index (χ0v) is 9.83. The number of carbonyl (C=O) groups excluding carboxylic acids is 1. The van der Waals surface area contributed by atoms with Crippen LogP contribution in [-0.2, 0) is 17.1 Å². The van der Waals surface area contributed by atoms with Crippen molar-refractivity contribution in [3.8, 4) is 0 Å². The average Bonchev–Trinajstić information content (AvgIpc) is 2.16. The minimum atomic E-state index is -4.93. The molecule has 0 aliphatic rings. The van der Waals surface area contributed by atoms with Crippen molar-refractivity contribution in [3.63, 3.8) is 0 Å². The molecule has 0 atom stereocenters. The van der Waals surface area contributed by atoms with Gasteiger partial charge in [-0.05, 0) is 24.6 Å². The van der Waals surface area contributed by atoms with Crippen LogP contribution in [-0.4, -0.2) is 5.91 Å². The second kappa shape index (κ2) is 4.75. The molecule has 0 radical (unpaired) electrons. The van der Waals surface area contributed by atoms with E-state index in [9.17, 15) is 31.1 Å². The Balaban J connectivity index is 3.52. The Kier molecular flexibility index (Phi) is 3.83. The molecule has 1 aromatic rings. The van der Waals surface area contributed by atoms with Gasteiger partial charge in [-0.25, -0.2) is 0 Å². The molecule has 0 heterocycles. The Morgan fingerprint density at radius 1 is 1.05 bits per heavy atom. The summed E-state index contributed by atoms with van der Waals surface area (Å²) in [7, 11) is 0. The minimum absolute atomic E-state index is 0.0284. The van der Waals surface area contributed by atoms with Crippen LogP contribution in [0.4, 0.5) is 32.0 Å². The van der Waals surface area contributed by atoms with Gasteiger partial charge in [-0.2, -0.15) is 26.3 Å². The van der Waals surface area contributed by atoms with E-state index in [2.05, 4.69) is 0 Å². The van der Waals surface area contributed by atoms with Crippen molar-refractivity contribution in [1.82, 2.24) is 0 Å². The number of rotatable bonds is 1. The molecule has 1 N–H and O–H groups in total. The summed E-state index contributed by atoms with van der Waals surface area (Å²) >= 11 is 0. The van der Waals surface area contributed by atoms with E-state index >= 15 is 0 Å². The summed E-state index contributed by atoms with van der Waals surface area (Å²) in [6, 6.07) is 0.507. The van der Waals surface area contributed by atoms with Crippen LogP contribution in [0.3, 0.4) is 0 Å². The zero-order chi connectivity index (χ0) is 15.0. The normalized spacial score (nSPS) is 12.4. The smallest absolute Gasteiger partial charge is 0.326 e. The van der Waals surface area contributed by atoms with Crippen molar-refractivity contribution in [2.45, 2.75) is 26.2 Å². The van der Waals surface area contributed by atoms with Crippen molar-refractivity contribution in [1.29, 1.82) is 0 Å². The van der Waals surface area contributed by atoms with Gasteiger partial charge in [-0.1, -0.05) is 0 Å². The summed E-state index contributed by atoms with van der Waals surface area (Å²) in [5.74, 6) is -0.754. The van der Waals surface area contributed by atoms with Crippen LogP contribution in [0.1, 0.15) is 23.6 Å². The molecule has 0 saturated carbocycles. The monoisotopic (exact) mass is 285 g/mol. The van der Waals surface area contributed by atoms with Gasteiger partial charge in [0.05, 0.1) is 11.1 Å². The molecule has 19 heavy (non-hydrogen) atoms. The summed E-state index contributed by atoms with van der Waals surface area (Å²) in [5.41, 5.74) is -3.86. The largest absolute Gasteiger partial charge is 0.416 e. The Hall–Kier alpha value is -1.73. The second-order valence-electron chi connectivity index (χ2n) is 3.87. The molecule has 0 unspecified atom stereocenters. The molecular formula is C11H9F6NO. The van der Waals surface area contributed by atoms with Crippen molar-refractivity contribution in [3.05, 3.63) is 28.8 Å². The first-order chi connectivity index (χ1) is 8.43. The quantitative estimate of drug-likeness (QED) is 0.777. The molecule has 2 nitrogen and oxygen atoms in total. The molecule has 1 rings (SSSR count). The highest BCUT2D eigenvalue weighted by Crippen LogP contribution is 2.40. The van der Waals surface area contributed by atoms with Crippen LogP contribution in [0, 0.1) is 6.92 Å². The van der Waals surface area contributed by atoms with Gasteiger partial charge in [0.2, 0.25) is 5.91 Å². The summed E-state index contributed by atoms with van der Waals surface area (Å²) in [4.78, 5) is 10.8. The van der Waals surface area contributed by atoms with Crippen LogP contribution in [0.2, 0.25) is 0 Å². The third-order valence-corrected chi connectivity index (χ3v) is 2.35. The number of carbonyl (C=O) groups is 1. The Bertz CT molecular complexity index is 503. The summed E-state index contributed by atoms with van der Waals surface area (Å²) in [5, 5.41) is 1.96. The molecule has 1 amide bonds. The van der Waals surface area contributed by atoms with Gasteiger partial charge in [-0.15, -0.1) is 0 Å². The number of anilines is 1. The number of benzene rings is 1. The third kappa shape index (κ3) is 3.62. The number of halogens is 6. The highest BCUT2D eigenvalue weighted by molar-refractivity contribution is 5.90. The van der Waals surface area contributed by atoms with E-state index in [-0.39, 0.29) is 6.07 Å². The van der Waals surface area contributed by atoms with Gasteiger partial charge in [0, 0.05) is 12.6 Å². The number of hydrogen-bond acceptors (Lipinski definition) is 1. The van der Waals surface area contributed by atoms with Gasteiger partial charge in [0.25, 0.3) is 0 Å². The summed E-state index contributed by atoms with van der Waals surface area (Å²) in [6.07, 6.45) is -9.86. The Labute approximate surface area is 104 Å². The van der Waals surface area contributed by atoms with E-state index in [0.29, 0.717) is 6.07 Å². The van der Waals surface area contributed by atoms with E-state index in [4.69, 9.17) is 0 Å². The van der Waals surface area contributed by atoms with Crippen molar-refractivity contribution in [2.24, 2.45) is 0 Å². The van der Waals surface area contributed by atoms with Crippen LogP contribution >= 0.6 is 0 Å². The number of alkyl halides is 6. The lowest BCUT2D eigenvalue weighted by Crippen LogP contribution is -2.16. The molecule has 0 aliphatic heterocycles. The highest BCUT2D eigenvalue weighted by atomic mass is 19.4. The number of hydrogen-bond donors (Lipinski definition) is 1. The SMILES string of the molecule is CC(=O)Nc1cc(C(F)(F)F)cc(C(F)(F)F)c1C. The van der Waals surface area contributed by atoms with Crippen molar-refractivity contribution >= 4 is 11.6 Å². The molecule has 0 bridgehead atoms. The van der Waals surface area contributed by atoms with E-state index in [1.807, 2.05) is 5.32 Å². The van der Waals surface area contributed by atoms with Crippen LogP contribution in [0.15, 0.2) is 12.1 Å². The Morgan fingerprint density at radius 3 is 1.95 bits per heavy atom. The summed E-state index contributed by atoms with van der Waals surface area (Å²) < 4.78 is 75.5. The lowest BCUT2D eigenvalue weighted by Gasteiger charge is -2.17. The maximum Gasteiger partial charge on any atom is 0.416 e. The maximum absolute atomic E-state index is 12.7. The highest BCUT2D eigenvalue weighted by Gasteiger charge is 2.38. The average molecular weight is 285 g/mol. The molecule has 0 aliphatic carbocycles. The van der Waals surface area contributed by atoms with E-state index in [1.165, 1.54) is 0 Å². The standard InChI is InChI=1S/C11H9F6NO/c1-5-8(11(15,16)17)3-7(10(12,13)14)4-9(5)18-6(2)19/h3-4H,1-2H3,(H,18,19). The van der Waals surface area contributed by atoms with Crippen LogP contribution in [0.25, 0.3) is 0 Å². The fraction of sp³-hybridized carbons (Fsp3) is 0.364. The Morgan fingerprint density at radius 2 is 1.58 bits per heavy atom. The van der Waals surface area contributed by atoms with E-state index in [0.717, 1.165) is 13.8 Å². The van der Waals surface area contributed by atoms with Crippen molar-refractivity contribution < 1.29 is 31.1 Å². The first-order valence-corrected chi connectivity index (χ1v) is 4.99. The van der Waals surface area contributed by atoms with Crippen LogP contribution < -0.4 is 5.32 Å². The molecule has 1 aromatic carbocycles. The fourth-order valence-electron chi connectivity index (χ4n) is 1.49. The molecular weight excluding hydrogens is 276 g/mol. The van der Waals surface area contributed by atoms with Gasteiger partial charge < -0.3 is 5.32 Å². The van der Waals surface area contributed by atoms with Crippen molar-refractivity contribution in [2.75, 3.05) is 5.32 Å². The molecule has 0 fully saturated rings. The maximum atomic E-state index is 12.7. The topological polar surface area (TPSA) is 29.1 Å². The molecule has 0 spiro atoms. The van der Waals surface area contributed by atoms with E-state index in [1.54, 1.807) is 0 Å². The van der Waals surface area contributed by atoms with Gasteiger partial charge in [0.1, 0.15) is 0 Å². The van der Waals surface area contributed by atoms with Gasteiger partial charge in [-0.3, -0.25) is 4.79 Å². The third-order valence-electron chi connectivity index (χ3n) is 2.35. The first kappa shape index (κ1) is 15.3. The second-order valence-corrected chi connectivity index (χ2v) is 3.87. The van der Waals surface area contributed by atoms with Gasteiger partial charge in [0.15, 0.2) is 0 Å². The summed E-state index contributed by atoms with van der Waals surface area (Å²) in [6.45, 7) is 1.99. The molecule has 106 valence electrons. The molecule has 8 heteroatoms. The van der Waals surface area contributed by atoms with Gasteiger partial charge >= 0.3 is 12.4 Å². The lowest BCUT2D eigenvalue weighted by molar-refractivity contribution is -0.143. The van der Waals surface area contributed by atoms with E-state index < -0.39 is 40.6 Å². The first-order valence-electron chi connectivity index (χ1n) is 4.99. The molecule has 0 aromatic heterocycles. The molecule has 0 saturated heterocycles. The zero-order valence-electron chi connectivity index (χ0n) is 9.83. The number of nitrogens with one attached hydrogen (secondary N) is 1. The minimum Gasteiger partial charge on any atom is -0.326 e. The predicted octanol–water partition coefficient (Wildman–Crippen LogP) is 3.99. The van der Waals surface area contributed by atoms with Crippen LogP contribution in [0.5, 0.6) is 0 Å². The lowest BCUT2D eigenvalue weighted by atomic mass is 10.0. The number of amides is 1. The predicted molar refractivity (Wildman–Crippen MR) is 55.5 cm³/mol.